The van der Waals surface area contributed by atoms with E-state index in [1.807, 2.05) is 32.9 Å². The van der Waals surface area contributed by atoms with Gasteiger partial charge in [-0.15, -0.1) is 0 Å². The van der Waals surface area contributed by atoms with Crippen molar-refractivity contribution in [3.8, 4) is 0 Å². The summed E-state index contributed by atoms with van der Waals surface area (Å²) in [5, 5.41) is 3.37. The van der Waals surface area contributed by atoms with Gasteiger partial charge in [0, 0.05) is 19.3 Å². The van der Waals surface area contributed by atoms with Gasteiger partial charge in [-0.2, -0.15) is 0 Å². The number of hydrogen-bond donors (Lipinski definition) is 1. The standard InChI is InChI=1S/C17H20N4O2/c1-5-11(3)18-16(22)13-8-12-15(20(13)4)19-14-7-6-10(2)9-21(14)17(12)23/h6-9,11H,5H2,1-4H3,(H,18,22)/t11-/m0/s1. The van der Waals surface area contributed by atoms with Crippen molar-refractivity contribution in [2.24, 2.45) is 7.05 Å². The molecule has 0 radical (unpaired) electrons. The molecule has 0 aliphatic carbocycles. The Kier molecular flexibility index (Phi) is 3.67. The summed E-state index contributed by atoms with van der Waals surface area (Å²) in [5.74, 6) is -0.190. The van der Waals surface area contributed by atoms with Gasteiger partial charge in [-0.25, -0.2) is 4.98 Å². The van der Waals surface area contributed by atoms with E-state index < -0.39 is 0 Å². The number of amides is 1. The Bertz CT molecular complexity index is 968. The van der Waals surface area contributed by atoms with E-state index in [1.54, 1.807) is 23.9 Å². The molecule has 3 rings (SSSR count). The van der Waals surface area contributed by atoms with Crippen molar-refractivity contribution >= 4 is 22.6 Å². The Morgan fingerprint density at radius 1 is 1.39 bits per heavy atom. The van der Waals surface area contributed by atoms with Crippen LogP contribution in [0.15, 0.2) is 29.2 Å². The summed E-state index contributed by atoms with van der Waals surface area (Å²) in [5.41, 5.74) is 2.35. The second-order valence-corrected chi connectivity index (χ2v) is 5.96. The number of pyridine rings is 1. The van der Waals surface area contributed by atoms with Gasteiger partial charge in [-0.3, -0.25) is 14.0 Å². The fourth-order valence-corrected chi connectivity index (χ4v) is 2.59. The number of aryl methyl sites for hydroxylation is 2. The zero-order chi connectivity index (χ0) is 16.7. The zero-order valence-electron chi connectivity index (χ0n) is 13.8. The summed E-state index contributed by atoms with van der Waals surface area (Å²) in [7, 11) is 1.75. The number of carbonyl (C=O) groups is 1. The number of fused-ring (bicyclic) bond motifs is 2. The second kappa shape index (κ2) is 5.53. The van der Waals surface area contributed by atoms with E-state index in [1.165, 1.54) is 4.40 Å². The zero-order valence-corrected chi connectivity index (χ0v) is 13.8. The highest BCUT2D eigenvalue weighted by molar-refractivity contribution is 5.98. The minimum absolute atomic E-state index is 0.0799. The highest BCUT2D eigenvalue weighted by atomic mass is 16.2. The van der Waals surface area contributed by atoms with Crippen LogP contribution in [0.25, 0.3) is 16.7 Å². The Morgan fingerprint density at radius 3 is 2.83 bits per heavy atom. The lowest BCUT2D eigenvalue weighted by Crippen LogP contribution is -2.33. The van der Waals surface area contributed by atoms with Crippen LogP contribution in [0.5, 0.6) is 0 Å². The van der Waals surface area contributed by atoms with Crippen LogP contribution in [0.2, 0.25) is 0 Å². The molecule has 0 spiro atoms. The fourth-order valence-electron chi connectivity index (χ4n) is 2.59. The number of nitrogens with one attached hydrogen (secondary N) is 1. The molecule has 23 heavy (non-hydrogen) atoms. The van der Waals surface area contributed by atoms with Crippen molar-refractivity contribution in [3.63, 3.8) is 0 Å². The lowest BCUT2D eigenvalue weighted by atomic mass is 10.2. The SMILES string of the molecule is CC[C@H](C)NC(=O)c1cc2c(=O)n3cc(C)ccc3nc2n1C. The maximum Gasteiger partial charge on any atom is 0.268 e. The summed E-state index contributed by atoms with van der Waals surface area (Å²) < 4.78 is 3.20. The molecular formula is C17H20N4O2. The monoisotopic (exact) mass is 312 g/mol. The van der Waals surface area contributed by atoms with E-state index in [4.69, 9.17) is 0 Å². The molecule has 3 aromatic heterocycles. The minimum atomic E-state index is -0.190. The molecule has 120 valence electrons. The Labute approximate surface area is 133 Å². The predicted octanol–water partition coefficient (Wildman–Crippen LogP) is 2.02. The van der Waals surface area contributed by atoms with Gasteiger partial charge in [0.25, 0.3) is 11.5 Å². The highest BCUT2D eigenvalue weighted by Crippen LogP contribution is 2.15. The van der Waals surface area contributed by atoms with Crippen LogP contribution in [-0.4, -0.2) is 25.9 Å². The van der Waals surface area contributed by atoms with Crippen LogP contribution in [0.3, 0.4) is 0 Å². The first kappa shape index (κ1) is 15.3. The molecule has 0 aliphatic heterocycles. The molecule has 3 heterocycles. The van der Waals surface area contributed by atoms with Crippen LogP contribution in [0.1, 0.15) is 36.3 Å². The van der Waals surface area contributed by atoms with Crippen molar-refractivity contribution < 1.29 is 4.79 Å². The van der Waals surface area contributed by atoms with Crippen LogP contribution in [0, 0.1) is 6.92 Å². The average Bonchev–Trinajstić information content (AvgIpc) is 2.86. The van der Waals surface area contributed by atoms with Gasteiger partial charge < -0.3 is 9.88 Å². The quantitative estimate of drug-likeness (QED) is 0.804. The van der Waals surface area contributed by atoms with E-state index in [0.29, 0.717) is 22.4 Å². The second-order valence-electron chi connectivity index (χ2n) is 5.96. The molecule has 0 aromatic carbocycles. The molecule has 0 unspecified atom stereocenters. The Morgan fingerprint density at radius 2 is 2.13 bits per heavy atom. The smallest absolute Gasteiger partial charge is 0.268 e. The maximum absolute atomic E-state index is 12.7. The number of aromatic nitrogens is 3. The van der Waals surface area contributed by atoms with Gasteiger partial charge in [0.15, 0.2) is 0 Å². The molecule has 0 saturated heterocycles. The summed E-state index contributed by atoms with van der Waals surface area (Å²) in [4.78, 5) is 29.6. The first-order valence-corrected chi connectivity index (χ1v) is 7.71. The number of hydrogen-bond acceptors (Lipinski definition) is 3. The molecule has 3 aromatic rings. The van der Waals surface area contributed by atoms with Crippen LogP contribution < -0.4 is 10.9 Å². The van der Waals surface area contributed by atoms with Crippen molar-refractivity contribution in [1.29, 1.82) is 0 Å². The van der Waals surface area contributed by atoms with E-state index in [2.05, 4.69) is 10.3 Å². The Hall–Kier alpha value is -2.63. The lowest BCUT2D eigenvalue weighted by molar-refractivity contribution is 0.0931. The number of carbonyl (C=O) groups excluding carboxylic acids is 1. The van der Waals surface area contributed by atoms with Gasteiger partial charge in [0.2, 0.25) is 0 Å². The van der Waals surface area contributed by atoms with E-state index in [9.17, 15) is 9.59 Å². The molecule has 1 atom stereocenters. The van der Waals surface area contributed by atoms with Crippen molar-refractivity contribution in [2.75, 3.05) is 0 Å². The van der Waals surface area contributed by atoms with Crippen molar-refractivity contribution in [1.82, 2.24) is 19.3 Å². The van der Waals surface area contributed by atoms with Crippen molar-refractivity contribution in [2.45, 2.75) is 33.2 Å². The molecule has 0 aliphatic rings. The third kappa shape index (κ3) is 2.50. The van der Waals surface area contributed by atoms with Gasteiger partial charge in [-0.05, 0) is 38.0 Å². The Balaban J connectivity index is 2.22. The van der Waals surface area contributed by atoms with Gasteiger partial charge >= 0.3 is 0 Å². The van der Waals surface area contributed by atoms with Gasteiger partial charge in [0.1, 0.15) is 17.0 Å². The third-order valence-corrected chi connectivity index (χ3v) is 4.17. The largest absolute Gasteiger partial charge is 0.348 e. The molecule has 1 N–H and O–H groups in total. The van der Waals surface area contributed by atoms with Gasteiger partial charge in [-0.1, -0.05) is 13.0 Å². The van der Waals surface area contributed by atoms with E-state index >= 15 is 0 Å². The molecule has 0 bridgehead atoms. The maximum atomic E-state index is 12.7. The first-order valence-electron chi connectivity index (χ1n) is 7.71. The minimum Gasteiger partial charge on any atom is -0.348 e. The van der Waals surface area contributed by atoms with Crippen LogP contribution >= 0.6 is 0 Å². The predicted molar refractivity (Wildman–Crippen MR) is 89.9 cm³/mol. The normalized spacial score (nSPS) is 12.7. The summed E-state index contributed by atoms with van der Waals surface area (Å²) in [6, 6.07) is 5.42. The highest BCUT2D eigenvalue weighted by Gasteiger charge is 2.18. The molecule has 6 nitrogen and oxygen atoms in total. The van der Waals surface area contributed by atoms with Crippen molar-refractivity contribution in [3.05, 3.63) is 46.0 Å². The number of nitrogens with zero attached hydrogens (tertiary/aromatic N) is 3. The van der Waals surface area contributed by atoms with E-state index in [0.717, 1.165) is 12.0 Å². The fraction of sp³-hybridized carbons (Fsp3) is 0.353. The molecule has 1 amide bonds. The molecule has 0 saturated carbocycles. The topological polar surface area (TPSA) is 68.4 Å². The molecule has 0 fully saturated rings. The van der Waals surface area contributed by atoms with Gasteiger partial charge in [0.05, 0.1) is 5.39 Å². The van der Waals surface area contributed by atoms with Crippen LogP contribution in [0.4, 0.5) is 0 Å². The molecular weight excluding hydrogens is 292 g/mol. The third-order valence-electron chi connectivity index (χ3n) is 4.17. The number of rotatable bonds is 3. The first-order chi connectivity index (χ1) is 10.9. The average molecular weight is 312 g/mol. The lowest BCUT2D eigenvalue weighted by Gasteiger charge is -2.11. The van der Waals surface area contributed by atoms with E-state index in [-0.39, 0.29) is 17.5 Å². The summed E-state index contributed by atoms with van der Waals surface area (Å²) >= 11 is 0. The summed E-state index contributed by atoms with van der Waals surface area (Å²) in [6.07, 6.45) is 2.61. The summed E-state index contributed by atoms with van der Waals surface area (Å²) in [6.45, 7) is 5.88. The molecule has 6 heteroatoms. The van der Waals surface area contributed by atoms with Crippen LogP contribution in [-0.2, 0) is 7.05 Å².